The van der Waals surface area contributed by atoms with Crippen LogP contribution in [0.4, 0.5) is 17.3 Å². The van der Waals surface area contributed by atoms with Crippen molar-refractivity contribution in [1.82, 2.24) is 19.9 Å². The number of nitrogens with zero attached hydrogens (tertiary/aromatic N) is 3. The molecule has 1 amide bonds. The lowest BCUT2D eigenvalue weighted by Gasteiger charge is -2.35. The van der Waals surface area contributed by atoms with E-state index in [1.54, 1.807) is 6.92 Å². The highest BCUT2D eigenvalue weighted by atomic mass is 35.5. The second kappa shape index (κ2) is 7.01. The van der Waals surface area contributed by atoms with Gasteiger partial charge in [0, 0.05) is 5.56 Å². The van der Waals surface area contributed by atoms with Crippen LogP contribution in [0.1, 0.15) is 48.2 Å². The van der Waals surface area contributed by atoms with Crippen molar-refractivity contribution in [2.45, 2.75) is 44.7 Å². The van der Waals surface area contributed by atoms with Crippen molar-refractivity contribution >= 4 is 47.2 Å². The minimum Gasteiger partial charge on any atom is -0.383 e. The fourth-order valence-electron chi connectivity index (χ4n) is 3.82. The maximum absolute atomic E-state index is 13.2. The first-order chi connectivity index (χ1) is 12.4. The molecule has 1 saturated carbocycles. The minimum atomic E-state index is -0.692. The molecule has 1 aliphatic carbocycles. The Hall–Kier alpha value is -2.32. The molecule has 0 radical (unpaired) electrons. The smallest absolute Gasteiger partial charge is 0.276 e. The number of carbonyl (C=O) groups excluding carboxylic acids is 1. The minimum absolute atomic E-state index is 0. The van der Waals surface area contributed by atoms with Crippen LogP contribution in [0, 0.1) is 6.92 Å². The Balaban J connectivity index is 0.00000210. The number of aromatic nitrogens is 3. The summed E-state index contributed by atoms with van der Waals surface area (Å²) in [5.41, 5.74) is 5.92. The van der Waals surface area contributed by atoms with E-state index in [2.05, 4.69) is 20.6 Å². The molecule has 144 valence electrons. The van der Waals surface area contributed by atoms with Crippen LogP contribution in [0.5, 0.6) is 0 Å². The number of halogens is 2. The van der Waals surface area contributed by atoms with Crippen molar-refractivity contribution in [2.75, 3.05) is 11.1 Å². The molecule has 10 heteroatoms. The maximum atomic E-state index is 13.2. The predicted octanol–water partition coefficient (Wildman–Crippen LogP) is 2.71. The van der Waals surface area contributed by atoms with Crippen molar-refractivity contribution in [3.63, 3.8) is 0 Å². The zero-order valence-electron chi connectivity index (χ0n) is 14.7. The van der Waals surface area contributed by atoms with Gasteiger partial charge in [0.25, 0.3) is 11.5 Å². The molecule has 0 bridgehead atoms. The fourth-order valence-corrected chi connectivity index (χ4v) is 4.10. The molecule has 1 aliphatic heterocycles. The monoisotopic (exact) mass is 410 g/mol. The van der Waals surface area contributed by atoms with E-state index in [1.807, 2.05) is 0 Å². The van der Waals surface area contributed by atoms with Gasteiger partial charge in [0.1, 0.15) is 35.0 Å². The average molecular weight is 411 g/mol. The fraction of sp³-hybridized carbons (Fsp3) is 0.412. The van der Waals surface area contributed by atoms with E-state index in [1.165, 1.54) is 17.0 Å². The molecule has 8 nitrogen and oxygen atoms in total. The van der Waals surface area contributed by atoms with Crippen molar-refractivity contribution in [2.24, 2.45) is 0 Å². The van der Waals surface area contributed by atoms with Crippen LogP contribution in [0.2, 0.25) is 5.02 Å². The Kier molecular flexibility index (Phi) is 5.05. The second-order valence-electron chi connectivity index (χ2n) is 6.80. The summed E-state index contributed by atoms with van der Waals surface area (Å²) in [6.45, 7) is 1.76. The van der Waals surface area contributed by atoms with Crippen LogP contribution in [-0.4, -0.2) is 20.4 Å². The third-order valence-electron chi connectivity index (χ3n) is 5.20. The molecule has 1 fully saturated rings. The highest BCUT2D eigenvalue weighted by molar-refractivity contribution is 6.34. The molecular weight excluding hydrogens is 391 g/mol. The molecule has 1 spiro atoms. The van der Waals surface area contributed by atoms with Gasteiger partial charge in [0.15, 0.2) is 0 Å². The molecule has 4 rings (SSSR count). The summed E-state index contributed by atoms with van der Waals surface area (Å²) < 4.78 is 1.53. The number of carbonyl (C=O) groups is 1. The first-order valence-electron chi connectivity index (χ1n) is 8.55. The summed E-state index contributed by atoms with van der Waals surface area (Å²) in [6.07, 6.45) is 5.74. The first-order valence-corrected chi connectivity index (χ1v) is 8.93. The number of hydrogen-bond acceptors (Lipinski definition) is 6. The number of nitrogen functional groups attached to an aromatic ring is 1. The van der Waals surface area contributed by atoms with E-state index in [0.29, 0.717) is 30.0 Å². The van der Waals surface area contributed by atoms with Gasteiger partial charge in [-0.3, -0.25) is 14.2 Å². The number of fused-ring (bicyclic) bond motifs is 2. The van der Waals surface area contributed by atoms with Gasteiger partial charge in [0.05, 0.1) is 5.02 Å². The van der Waals surface area contributed by atoms with Crippen LogP contribution in [0.3, 0.4) is 0 Å². The summed E-state index contributed by atoms with van der Waals surface area (Å²) in [6, 6.07) is 1.47. The molecule has 2 aliphatic rings. The number of rotatable bonds is 2. The number of nitrogens with two attached hydrogens (primary N) is 1. The van der Waals surface area contributed by atoms with Gasteiger partial charge in [-0.05, 0) is 38.7 Å². The number of anilines is 3. The lowest BCUT2D eigenvalue weighted by Crippen LogP contribution is -2.48. The van der Waals surface area contributed by atoms with E-state index in [4.69, 9.17) is 17.3 Å². The van der Waals surface area contributed by atoms with Crippen LogP contribution >= 0.6 is 24.0 Å². The van der Waals surface area contributed by atoms with E-state index in [-0.39, 0.29) is 40.3 Å². The molecule has 2 aromatic rings. The molecular formula is C17H20Cl2N6O2. The van der Waals surface area contributed by atoms with Crippen LogP contribution < -0.4 is 21.9 Å². The highest BCUT2D eigenvalue weighted by Crippen LogP contribution is 2.38. The van der Waals surface area contributed by atoms with Gasteiger partial charge in [-0.15, -0.1) is 12.4 Å². The molecule has 0 unspecified atom stereocenters. The molecule has 3 heterocycles. The van der Waals surface area contributed by atoms with Crippen molar-refractivity contribution in [3.8, 4) is 0 Å². The molecule has 0 saturated heterocycles. The summed E-state index contributed by atoms with van der Waals surface area (Å²) >= 11 is 6.36. The van der Waals surface area contributed by atoms with Gasteiger partial charge in [-0.25, -0.2) is 9.97 Å². The molecule has 0 atom stereocenters. The molecule has 0 aromatic carbocycles. The Labute approximate surface area is 166 Å². The third-order valence-corrected chi connectivity index (χ3v) is 5.49. The number of hydrogen-bond donors (Lipinski definition) is 3. The van der Waals surface area contributed by atoms with Crippen molar-refractivity contribution in [1.29, 1.82) is 0 Å². The lowest BCUT2D eigenvalue weighted by molar-refractivity contribution is 0.0877. The van der Waals surface area contributed by atoms with Crippen molar-refractivity contribution in [3.05, 3.63) is 39.0 Å². The molecule has 2 aromatic heterocycles. The molecule has 4 N–H and O–H groups in total. The van der Waals surface area contributed by atoms with Crippen LogP contribution in [0.25, 0.3) is 0 Å². The largest absolute Gasteiger partial charge is 0.383 e. The second-order valence-corrected chi connectivity index (χ2v) is 7.21. The number of pyridine rings is 1. The SMILES string of the molecule is Cc1c(N)ncnc1Nc1cc(Cl)c2n(c1=O)C1(CCCCC1)NC2=O.Cl. The summed E-state index contributed by atoms with van der Waals surface area (Å²) in [7, 11) is 0. The Morgan fingerprint density at radius 1 is 1.26 bits per heavy atom. The Morgan fingerprint density at radius 3 is 2.67 bits per heavy atom. The molecule has 27 heavy (non-hydrogen) atoms. The predicted molar refractivity (Wildman–Crippen MR) is 106 cm³/mol. The van der Waals surface area contributed by atoms with Gasteiger partial charge in [-0.1, -0.05) is 18.0 Å². The van der Waals surface area contributed by atoms with E-state index in [0.717, 1.165) is 19.3 Å². The van der Waals surface area contributed by atoms with Gasteiger partial charge < -0.3 is 16.4 Å². The third kappa shape index (κ3) is 3.02. The zero-order valence-corrected chi connectivity index (χ0v) is 16.3. The normalized spacial score (nSPS) is 17.2. The summed E-state index contributed by atoms with van der Waals surface area (Å²) in [4.78, 5) is 33.7. The van der Waals surface area contributed by atoms with Crippen molar-refractivity contribution < 1.29 is 4.79 Å². The Bertz CT molecular complexity index is 969. The van der Waals surface area contributed by atoms with Crippen LogP contribution in [0.15, 0.2) is 17.2 Å². The number of nitrogens with one attached hydrogen (secondary N) is 2. The highest BCUT2D eigenvalue weighted by Gasteiger charge is 2.45. The van der Waals surface area contributed by atoms with Gasteiger partial charge >= 0.3 is 0 Å². The summed E-state index contributed by atoms with van der Waals surface area (Å²) in [5, 5.41) is 6.22. The van der Waals surface area contributed by atoms with E-state index in [9.17, 15) is 9.59 Å². The van der Waals surface area contributed by atoms with E-state index >= 15 is 0 Å². The standard InChI is InChI=1S/C17H19ClN6O2.ClH/c1-9-13(19)20-8-21-14(9)22-11-7-10(18)12-15(25)23-17(24(12)16(11)26)5-3-2-4-6-17;/h7-8H,2-6H2,1H3,(H,23,25)(H3,19,20,21,22);1H. The Morgan fingerprint density at radius 2 is 1.96 bits per heavy atom. The summed E-state index contributed by atoms with van der Waals surface area (Å²) in [5.74, 6) is 0.458. The van der Waals surface area contributed by atoms with Gasteiger partial charge in [0.2, 0.25) is 0 Å². The quantitative estimate of drug-likeness (QED) is 0.700. The first kappa shape index (κ1) is 19.4. The van der Waals surface area contributed by atoms with E-state index < -0.39 is 5.66 Å². The number of amides is 1. The van der Waals surface area contributed by atoms with Crippen LogP contribution in [-0.2, 0) is 5.66 Å². The maximum Gasteiger partial charge on any atom is 0.276 e. The van der Waals surface area contributed by atoms with Gasteiger partial charge in [-0.2, -0.15) is 0 Å². The topological polar surface area (TPSA) is 115 Å². The zero-order chi connectivity index (χ0) is 18.5. The average Bonchev–Trinajstić information content (AvgIpc) is 2.89. The lowest BCUT2D eigenvalue weighted by atomic mass is 9.89.